The first-order chi connectivity index (χ1) is 15.4. The molecule has 3 amide bonds. The van der Waals surface area contributed by atoms with Crippen LogP contribution in [0.2, 0.25) is 0 Å². The number of amides is 3. The molecule has 170 valence electrons. The van der Waals surface area contributed by atoms with E-state index in [9.17, 15) is 14.0 Å². The number of carbonyl (C=O) groups excluding carboxylic acids is 2. The molecule has 0 saturated carbocycles. The fourth-order valence-electron chi connectivity index (χ4n) is 3.33. The fraction of sp³-hybridized carbons (Fsp3) is 0.333. The summed E-state index contributed by atoms with van der Waals surface area (Å²) in [6.07, 6.45) is 4.15. The van der Waals surface area contributed by atoms with E-state index in [0.29, 0.717) is 24.4 Å². The second kappa shape index (κ2) is 10.7. The smallest absolute Gasteiger partial charge is 0.322 e. The van der Waals surface area contributed by atoms with Crippen LogP contribution in [-0.4, -0.2) is 38.9 Å². The summed E-state index contributed by atoms with van der Waals surface area (Å²) in [6, 6.07) is 12.5. The number of rotatable bonds is 9. The Balaban J connectivity index is 1.77. The van der Waals surface area contributed by atoms with Gasteiger partial charge in [-0.05, 0) is 55.8 Å². The molecule has 0 fully saturated rings. The molecule has 0 spiro atoms. The maximum absolute atomic E-state index is 13.5. The van der Waals surface area contributed by atoms with Gasteiger partial charge in [0.2, 0.25) is 5.91 Å². The zero-order valence-corrected chi connectivity index (χ0v) is 18.6. The highest BCUT2D eigenvalue weighted by Gasteiger charge is 2.26. The number of hydrogen-bond donors (Lipinski definition) is 1. The highest BCUT2D eigenvalue weighted by atomic mass is 19.1. The molecule has 1 N–H and O–H groups in total. The van der Waals surface area contributed by atoms with Gasteiger partial charge < -0.3 is 24.1 Å². The summed E-state index contributed by atoms with van der Waals surface area (Å²) in [4.78, 5) is 29.5. The minimum Gasteiger partial charge on any atom is -0.467 e. The Morgan fingerprint density at radius 3 is 2.59 bits per heavy atom. The van der Waals surface area contributed by atoms with E-state index in [4.69, 9.17) is 4.42 Å². The number of benzene rings is 1. The first-order valence-electron chi connectivity index (χ1n) is 10.6. The van der Waals surface area contributed by atoms with Crippen molar-refractivity contribution in [1.82, 2.24) is 14.4 Å². The lowest BCUT2D eigenvalue weighted by Crippen LogP contribution is -2.48. The monoisotopic (exact) mass is 440 g/mol. The van der Waals surface area contributed by atoms with Gasteiger partial charge >= 0.3 is 6.03 Å². The summed E-state index contributed by atoms with van der Waals surface area (Å²) >= 11 is 0. The maximum atomic E-state index is 13.5. The van der Waals surface area contributed by atoms with Crippen LogP contribution < -0.4 is 5.32 Å². The largest absolute Gasteiger partial charge is 0.467 e. The van der Waals surface area contributed by atoms with Gasteiger partial charge in [0.1, 0.15) is 18.1 Å². The Kier molecular flexibility index (Phi) is 7.70. The highest BCUT2D eigenvalue weighted by Crippen LogP contribution is 2.15. The van der Waals surface area contributed by atoms with Gasteiger partial charge in [0.15, 0.2) is 0 Å². The van der Waals surface area contributed by atoms with Gasteiger partial charge in [-0.25, -0.2) is 9.18 Å². The molecule has 1 aromatic carbocycles. The van der Waals surface area contributed by atoms with Crippen molar-refractivity contribution in [1.29, 1.82) is 0 Å². The number of halogens is 1. The number of hydrogen-bond acceptors (Lipinski definition) is 3. The van der Waals surface area contributed by atoms with Crippen LogP contribution in [0.25, 0.3) is 0 Å². The molecule has 0 saturated heterocycles. The van der Waals surface area contributed by atoms with Gasteiger partial charge in [-0.1, -0.05) is 13.0 Å². The van der Waals surface area contributed by atoms with E-state index in [-0.39, 0.29) is 25.0 Å². The number of nitrogens with zero attached hydrogens (tertiary/aromatic N) is 3. The summed E-state index contributed by atoms with van der Waals surface area (Å²) < 4.78 is 20.9. The van der Waals surface area contributed by atoms with E-state index >= 15 is 0 Å². The van der Waals surface area contributed by atoms with E-state index < -0.39 is 11.8 Å². The average Bonchev–Trinajstić information content (AvgIpc) is 3.42. The molecule has 0 aliphatic heterocycles. The van der Waals surface area contributed by atoms with Crippen molar-refractivity contribution in [3.05, 3.63) is 78.3 Å². The second-order valence-electron chi connectivity index (χ2n) is 7.77. The van der Waals surface area contributed by atoms with Crippen molar-refractivity contribution >= 4 is 17.6 Å². The molecule has 3 aromatic rings. The molecule has 8 heteroatoms. The Morgan fingerprint density at radius 2 is 1.97 bits per heavy atom. The van der Waals surface area contributed by atoms with Gasteiger partial charge in [0.25, 0.3) is 0 Å². The lowest BCUT2D eigenvalue weighted by molar-refractivity contribution is -0.133. The van der Waals surface area contributed by atoms with Crippen LogP contribution in [0.3, 0.4) is 0 Å². The molecule has 1 atom stereocenters. The van der Waals surface area contributed by atoms with Gasteiger partial charge in [-0.15, -0.1) is 0 Å². The third kappa shape index (κ3) is 6.00. The van der Waals surface area contributed by atoms with Crippen LogP contribution in [0.15, 0.2) is 65.4 Å². The second-order valence-corrected chi connectivity index (χ2v) is 7.77. The van der Waals surface area contributed by atoms with Crippen LogP contribution in [0.4, 0.5) is 14.9 Å². The van der Waals surface area contributed by atoms with Crippen LogP contribution in [-0.2, 0) is 24.9 Å². The number of carbonyl (C=O) groups is 2. The van der Waals surface area contributed by atoms with Crippen LogP contribution in [0, 0.1) is 5.82 Å². The number of nitrogens with one attached hydrogen (secondary N) is 1. The topological polar surface area (TPSA) is 70.7 Å². The molecule has 3 rings (SSSR count). The van der Waals surface area contributed by atoms with Crippen molar-refractivity contribution < 1.29 is 18.4 Å². The molecule has 2 heterocycles. The zero-order chi connectivity index (χ0) is 23.1. The average molecular weight is 441 g/mol. The van der Waals surface area contributed by atoms with E-state index in [0.717, 1.165) is 5.69 Å². The molecular weight excluding hydrogens is 411 g/mol. The number of urea groups is 1. The predicted molar refractivity (Wildman–Crippen MR) is 120 cm³/mol. The summed E-state index contributed by atoms with van der Waals surface area (Å²) in [5.41, 5.74) is 1.30. The lowest BCUT2D eigenvalue weighted by atomic mass is 10.2. The third-order valence-corrected chi connectivity index (χ3v) is 5.45. The van der Waals surface area contributed by atoms with Crippen LogP contribution in [0.5, 0.6) is 0 Å². The lowest BCUT2D eigenvalue weighted by Gasteiger charge is -2.31. The molecular formula is C24H29FN4O3. The van der Waals surface area contributed by atoms with Gasteiger partial charge in [-0.2, -0.15) is 0 Å². The summed E-state index contributed by atoms with van der Waals surface area (Å²) in [5, 5.41) is 2.70. The van der Waals surface area contributed by atoms with Gasteiger partial charge in [-0.3, -0.25) is 4.79 Å². The Morgan fingerprint density at radius 1 is 1.16 bits per heavy atom. The molecule has 1 unspecified atom stereocenters. The molecule has 2 aromatic heterocycles. The summed E-state index contributed by atoms with van der Waals surface area (Å²) in [5.74, 6) is 0.00492. The van der Waals surface area contributed by atoms with Crippen molar-refractivity contribution in [2.24, 2.45) is 7.05 Å². The predicted octanol–water partition coefficient (Wildman–Crippen LogP) is 4.62. The Hall–Kier alpha value is -3.55. The van der Waals surface area contributed by atoms with E-state index in [1.54, 1.807) is 23.3 Å². The fourth-order valence-corrected chi connectivity index (χ4v) is 3.33. The zero-order valence-electron chi connectivity index (χ0n) is 18.6. The number of anilines is 1. The normalized spacial score (nSPS) is 11.8. The minimum atomic E-state index is -0.449. The highest BCUT2D eigenvalue weighted by molar-refractivity contribution is 5.92. The standard InChI is InChI=1S/C24H29FN4O3/c1-4-18(2)29(24(31)26-20-9-5-8-19(25)14-20)17-23(30)28(16-22-11-7-13-32-22)15-21-10-6-12-27(21)3/h5-14,18H,4,15-17H2,1-3H3,(H,26,31). The molecule has 0 bridgehead atoms. The van der Waals surface area contributed by atoms with Crippen LogP contribution in [0.1, 0.15) is 31.7 Å². The molecule has 0 aliphatic rings. The first kappa shape index (κ1) is 23.1. The Labute approximate surface area is 187 Å². The minimum absolute atomic E-state index is 0.110. The quantitative estimate of drug-likeness (QED) is 0.528. The van der Waals surface area contributed by atoms with E-state index in [1.807, 2.05) is 49.9 Å². The SMILES string of the molecule is CCC(C)N(CC(=O)N(Cc1ccco1)Cc1cccn1C)C(=O)Nc1cccc(F)c1. The first-order valence-corrected chi connectivity index (χ1v) is 10.6. The number of aromatic nitrogens is 1. The maximum Gasteiger partial charge on any atom is 0.322 e. The molecule has 0 aliphatic carbocycles. The molecule has 32 heavy (non-hydrogen) atoms. The molecule has 7 nitrogen and oxygen atoms in total. The molecule has 0 radical (unpaired) electrons. The van der Waals surface area contributed by atoms with Gasteiger partial charge in [0.05, 0.1) is 19.4 Å². The number of aryl methyl sites for hydroxylation is 1. The van der Waals surface area contributed by atoms with Crippen molar-refractivity contribution in [2.45, 2.75) is 39.4 Å². The van der Waals surface area contributed by atoms with Crippen LogP contribution >= 0.6 is 0 Å². The Bertz CT molecular complexity index is 1030. The summed E-state index contributed by atoms with van der Waals surface area (Å²) in [7, 11) is 1.92. The van der Waals surface area contributed by atoms with Crippen molar-refractivity contribution in [2.75, 3.05) is 11.9 Å². The summed E-state index contributed by atoms with van der Waals surface area (Å²) in [6.45, 7) is 4.38. The third-order valence-electron chi connectivity index (χ3n) is 5.45. The van der Waals surface area contributed by atoms with Crippen molar-refractivity contribution in [3.63, 3.8) is 0 Å². The van der Waals surface area contributed by atoms with Gasteiger partial charge in [0, 0.05) is 30.7 Å². The number of furan rings is 1. The van der Waals surface area contributed by atoms with E-state index in [1.165, 1.54) is 23.1 Å². The van der Waals surface area contributed by atoms with E-state index in [2.05, 4.69) is 5.32 Å². The van der Waals surface area contributed by atoms with Crippen molar-refractivity contribution in [3.8, 4) is 0 Å².